The molecule has 2 unspecified atom stereocenters. The third kappa shape index (κ3) is 4.05. The van der Waals surface area contributed by atoms with E-state index in [0.29, 0.717) is 5.92 Å². The lowest BCUT2D eigenvalue weighted by Gasteiger charge is -2.25. The van der Waals surface area contributed by atoms with E-state index < -0.39 is 0 Å². The van der Waals surface area contributed by atoms with Crippen LogP contribution in [0.2, 0.25) is 0 Å². The Morgan fingerprint density at radius 3 is 2.71 bits per heavy atom. The molecule has 0 spiro atoms. The average molecular weight is 284 g/mol. The van der Waals surface area contributed by atoms with E-state index in [1.807, 2.05) is 30.5 Å². The molecule has 3 nitrogen and oxygen atoms in total. The summed E-state index contributed by atoms with van der Waals surface area (Å²) >= 11 is 0. The largest absolute Gasteiger partial charge is 0.497 e. The van der Waals surface area contributed by atoms with Crippen LogP contribution in [-0.2, 0) is 0 Å². The third-order valence-electron chi connectivity index (χ3n) is 3.72. The fourth-order valence-electron chi connectivity index (χ4n) is 2.53. The van der Waals surface area contributed by atoms with Crippen LogP contribution >= 0.6 is 0 Å². The zero-order valence-electron chi connectivity index (χ0n) is 13.0. The average Bonchev–Trinajstić information content (AvgIpc) is 2.56. The van der Waals surface area contributed by atoms with Crippen molar-refractivity contribution in [3.05, 3.63) is 59.9 Å². The lowest BCUT2D eigenvalue weighted by Crippen LogP contribution is -2.27. The van der Waals surface area contributed by atoms with Gasteiger partial charge in [-0.2, -0.15) is 0 Å². The van der Waals surface area contributed by atoms with Crippen LogP contribution in [-0.4, -0.2) is 18.6 Å². The molecule has 1 aromatic heterocycles. The van der Waals surface area contributed by atoms with E-state index in [2.05, 4.69) is 42.3 Å². The highest BCUT2D eigenvalue weighted by atomic mass is 16.5. The minimum absolute atomic E-state index is 0.231. The van der Waals surface area contributed by atoms with E-state index >= 15 is 0 Å². The summed E-state index contributed by atoms with van der Waals surface area (Å²) in [4.78, 5) is 4.50. The summed E-state index contributed by atoms with van der Waals surface area (Å²) in [5.74, 6) is 1.19. The van der Waals surface area contributed by atoms with Crippen LogP contribution in [0.4, 0.5) is 0 Å². The lowest BCUT2D eigenvalue weighted by molar-refractivity contribution is 0.410. The minimum Gasteiger partial charge on any atom is -0.497 e. The van der Waals surface area contributed by atoms with E-state index in [9.17, 15) is 0 Å². The van der Waals surface area contributed by atoms with Gasteiger partial charge in [0.2, 0.25) is 0 Å². The van der Waals surface area contributed by atoms with Gasteiger partial charge in [0.25, 0.3) is 0 Å². The van der Waals surface area contributed by atoms with Crippen molar-refractivity contribution in [3.63, 3.8) is 0 Å². The Bertz CT molecular complexity index is 542. The standard InChI is InChI=1S/C18H24N2O/c1-4-11-20-18(14(2)17-10-5-6-12-19-17)15-8-7-9-16(13-15)21-3/h5-10,12-14,18,20H,4,11H2,1-3H3. The van der Waals surface area contributed by atoms with Crippen LogP contribution < -0.4 is 10.1 Å². The summed E-state index contributed by atoms with van der Waals surface area (Å²) in [7, 11) is 1.70. The highest BCUT2D eigenvalue weighted by molar-refractivity contribution is 5.32. The van der Waals surface area contributed by atoms with Gasteiger partial charge < -0.3 is 10.1 Å². The molecule has 0 saturated heterocycles. The molecule has 0 radical (unpaired) electrons. The molecule has 0 aliphatic rings. The van der Waals surface area contributed by atoms with Crippen LogP contribution in [0.1, 0.15) is 43.5 Å². The van der Waals surface area contributed by atoms with Gasteiger partial charge >= 0.3 is 0 Å². The molecule has 1 heterocycles. The molecule has 1 N–H and O–H groups in total. The first-order valence-electron chi connectivity index (χ1n) is 7.54. The van der Waals surface area contributed by atoms with Gasteiger partial charge in [-0.15, -0.1) is 0 Å². The molecule has 2 atom stereocenters. The number of methoxy groups -OCH3 is 1. The number of aromatic nitrogens is 1. The van der Waals surface area contributed by atoms with E-state index in [1.165, 1.54) is 5.56 Å². The molecule has 3 heteroatoms. The second-order valence-corrected chi connectivity index (χ2v) is 5.25. The van der Waals surface area contributed by atoms with Crippen molar-refractivity contribution in [2.24, 2.45) is 0 Å². The number of benzene rings is 1. The van der Waals surface area contributed by atoms with E-state index in [0.717, 1.165) is 24.4 Å². The summed E-state index contributed by atoms with van der Waals surface area (Å²) < 4.78 is 5.35. The first kappa shape index (κ1) is 15.5. The Morgan fingerprint density at radius 1 is 1.19 bits per heavy atom. The summed E-state index contributed by atoms with van der Waals surface area (Å²) in [6.45, 7) is 5.38. The van der Waals surface area contributed by atoms with Crippen LogP contribution in [0.3, 0.4) is 0 Å². The maximum atomic E-state index is 5.35. The van der Waals surface area contributed by atoms with Crippen molar-refractivity contribution >= 4 is 0 Å². The number of pyridine rings is 1. The van der Waals surface area contributed by atoms with Gasteiger partial charge in [0.05, 0.1) is 7.11 Å². The molecule has 0 fully saturated rings. The second-order valence-electron chi connectivity index (χ2n) is 5.25. The smallest absolute Gasteiger partial charge is 0.119 e. The van der Waals surface area contributed by atoms with Crippen molar-refractivity contribution in [1.82, 2.24) is 10.3 Å². The van der Waals surface area contributed by atoms with E-state index in [1.54, 1.807) is 7.11 Å². The zero-order chi connectivity index (χ0) is 15.1. The Kier molecular flexibility index (Phi) is 5.76. The topological polar surface area (TPSA) is 34.1 Å². The minimum atomic E-state index is 0.231. The van der Waals surface area contributed by atoms with Crippen molar-refractivity contribution in [2.45, 2.75) is 32.2 Å². The lowest BCUT2D eigenvalue weighted by atomic mass is 9.91. The first-order chi connectivity index (χ1) is 10.3. The second kappa shape index (κ2) is 7.79. The van der Waals surface area contributed by atoms with Crippen molar-refractivity contribution in [1.29, 1.82) is 0 Å². The van der Waals surface area contributed by atoms with E-state index in [4.69, 9.17) is 4.74 Å². The monoisotopic (exact) mass is 284 g/mol. The Labute approximate surface area is 127 Å². The fourth-order valence-corrected chi connectivity index (χ4v) is 2.53. The highest BCUT2D eigenvalue weighted by Gasteiger charge is 2.21. The highest BCUT2D eigenvalue weighted by Crippen LogP contribution is 2.31. The number of hydrogen-bond acceptors (Lipinski definition) is 3. The quantitative estimate of drug-likeness (QED) is 0.836. The molecule has 0 aliphatic carbocycles. The SMILES string of the molecule is CCCNC(c1cccc(OC)c1)C(C)c1ccccn1. The molecule has 0 bridgehead atoms. The molecule has 2 rings (SSSR count). The van der Waals surface area contributed by atoms with E-state index in [-0.39, 0.29) is 6.04 Å². The Morgan fingerprint density at radius 2 is 2.05 bits per heavy atom. The van der Waals surface area contributed by atoms with Crippen LogP contribution in [0.15, 0.2) is 48.7 Å². The van der Waals surface area contributed by atoms with Crippen molar-refractivity contribution in [3.8, 4) is 5.75 Å². The predicted molar refractivity (Wildman–Crippen MR) is 86.7 cm³/mol. The van der Waals surface area contributed by atoms with Crippen molar-refractivity contribution in [2.75, 3.05) is 13.7 Å². The number of nitrogens with one attached hydrogen (secondary N) is 1. The number of nitrogens with zero attached hydrogens (tertiary/aromatic N) is 1. The van der Waals surface area contributed by atoms with Gasteiger partial charge in [0.15, 0.2) is 0 Å². The van der Waals surface area contributed by atoms with Gasteiger partial charge in [0, 0.05) is 23.9 Å². The number of ether oxygens (including phenoxy) is 1. The van der Waals surface area contributed by atoms with Gasteiger partial charge in [0.1, 0.15) is 5.75 Å². The normalized spacial score (nSPS) is 13.7. The molecule has 2 aromatic rings. The fraction of sp³-hybridized carbons (Fsp3) is 0.389. The Balaban J connectivity index is 2.28. The van der Waals surface area contributed by atoms with Gasteiger partial charge in [-0.05, 0) is 42.8 Å². The predicted octanol–water partition coefficient (Wildman–Crippen LogP) is 3.93. The first-order valence-corrected chi connectivity index (χ1v) is 7.54. The zero-order valence-corrected chi connectivity index (χ0v) is 13.0. The summed E-state index contributed by atoms with van der Waals surface area (Å²) in [5, 5.41) is 3.64. The Hall–Kier alpha value is -1.87. The van der Waals surface area contributed by atoms with Gasteiger partial charge in [-0.25, -0.2) is 0 Å². The third-order valence-corrected chi connectivity index (χ3v) is 3.72. The number of hydrogen-bond donors (Lipinski definition) is 1. The molecule has 1 aromatic carbocycles. The molecular weight excluding hydrogens is 260 g/mol. The maximum Gasteiger partial charge on any atom is 0.119 e. The van der Waals surface area contributed by atoms with Crippen LogP contribution in [0.25, 0.3) is 0 Å². The van der Waals surface area contributed by atoms with Crippen LogP contribution in [0.5, 0.6) is 5.75 Å². The molecule has 0 aliphatic heterocycles. The molecule has 21 heavy (non-hydrogen) atoms. The van der Waals surface area contributed by atoms with Gasteiger partial charge in [-0.1, -0.05) is 32.0 Å². The van der Waals surface area contributed by atoms with Gasteiger partial charge in [-0.3, -0.25) is 4.98 Å². The number of rotatable bonds is 7. The molecule has 0 saturated carbocycles. The maximum absolute atomic E-state index is 5.35. The molecule has 0 amide bonds. The molecular formula is C18H24N2O. The van der Waals surface area contributed by atoms with Crippen molar-refractivity contribution < 1.29 is 4.74 Å². The summed E-state index contributed by atoms with van der Waals surface area (Å²) in [5.41, 5.74) is 2.34. The summed E-state index contributed by atoms with van der Waals surface area (Å²) in [6, 6.07) is 14.6. The molecule has 112 valence electrons. The summed E-state index contributed by atoms with van der Waals surface area (Å²) in [6.07, 6.45) is 2.96. The van der Waals surface area contributed by atoms with Crippen LogP contribution in [0, 0.1) is 0 Å².